The molecule has 1 aromatic heterocycles. The zero-order valence-electron chi connectivity index (χ0n) is 7.55. The number of halogens is 3. The number of hydrogen-bond donors (Lipinski definition) is 0. The molecule has 0 aliphatic carbocycles. The van der Waals surface area contributed by atoms with Crippen LogP contribution in [0.4, 0.5) is 4.39 Å². The number of aromatic nitrogens is 1. The van der Waals surface area contributed by atoms with Crippen molar-refractivity contribution in [2.24, 2.45) is 0 Å². The molecule has 0 unspecified atom stereocenters. The van der Waals surface area contributed by atoms with Crippen LogP contribution in [0.1, 0.15) is 0 Å². The Morgan fingerprint density at radius 3 is 2.33 bits per heavy atom. The number of rotatable bonds is 1. The summed E-state index contributed by atoms with van der Waals surface area (Å²) in [7, 11) is 0. The molecule has 0 radical (unpaired) electrons. The highest BCUT2D eigenvalue weighted by molar-refractivity contribution is 6.36. The molecular formula is C11H6Cl2FN. The van der Waals surface area contributed by atoms with Crippen molar-refractivity contribution in [1.82, 2.24) is 4.98 Å². The Morgan fingerprint density at radius 2 is 1.73 bits per heavy atom. The fourth-order valence-corrected chi connectivity index (χ4v) is 1.72. The number of pyridine rings is 1. The van der Waals surface area contributed by atoms with E-state index < -0.39 is 0 Å². The Bertz CT molecular complexity index is 482. The van der Waals surface area contributed by atoms with E-state index in [1.807, 2.05) is 0 Å². The van der Waals surface area contributed by atoms with Crippen LogP contribution in [0.2, 0.25) is 10.0 Å². The summed E-state index contributed by atoms with van der Waals surface area (Å²) in [5.41, 5.74) is 1.36. The van der Waals surface area contributed by atoms with Gasteiger partial charge >= 0.3 is 0 Å². The molecule has 0 amide bonds. The highest BCUT2D eigenvalue weighted by Crippen LogP contribution is 2.27. The van der Waals surface area contributed by atoms with Crippen LogP contribution in [0.15, 0.2) is 36.5 Å². The van der Waals surface area contributed by atoms with Gasteiger partial charge in [-0.3, -0.25) is 4.98 Å². The Morgan fingerprint density at radius 1 is 1.07 bits per heavy atom. The minimum Gasteiger partial charge on any atom is -0.253 e. The molecule has 1 nitrogen and oxygen atoms in total. The first kappa shape index (κ1) is 10.4. The van der Waals surface area contributed by atoms with Gasteiger partial charge in [0.2, 0.25) is 0 Å². The molecule has 1 aromatic carbocycles. The summed E-state index contributed by atoms with van der Waals surface area (Å²) in [6.45, 7) is 0. The van der Waals surface area contributed by atoms with Crippen molar-refractivity contribution >= 4 is 23.2 Å². The average molecular weight is 242 g/mol. The molecule has 0 saturated heterocycles. The molecule has 1 heterocycles. The van der Waals surface area contributed by atoms with Gasteiger partial charge in [-0.2, -0.15) is 0 Å². The van der Waals surface area contributed by atoms with Gasteiger partial charge in [-0.05, 0) is 30.3 Å². The van der Waals surface area contributed by atoms with E-state index in [0.717, 1.165) is 5.56 Å². The van der Waals surface area contributed by atoms with Gasteiger partial charge in [0.05, 0.1) is 15.7 Å². The lowest BCUT2D eigenvalue weighted by Crippen LogP contribution is -1.85. The monoisotopic (exact) mass is 241 g/mol. The summed E-state index contributed by atoms with van der Waals surface area (Å²) in [5, 5.41) is 0.931. The van der Waals surface area contributed by atoms with Crippen LogP contribution in [-0.2, 0) is 0 Å². The van der Waals surface area contributed by atoms with E-state index in [4.69, 9.17) is 23.2 Å². The second-order valence-corrected chi connectivity index (χ2v) is 3.83. The maximum atomic E-state index is 12.7. The summed E-state index contributed by atoms with van der Waals surface area (Å²) in [6, 6.07) is 7.58. The van der Waals surface area contributed by atoms with Crippen LogP contribution < -0.4 is 0 Å². The van der Waals surface area contributed by atoms with Gasteiger partial charge in [-0.1, -0.05) is 23.2 Å². The third kappa shape index (κ3) is 2.28. The first-order valence-electron chi connectivity index (χ1n) is 4.24. The van der Waals surface area contributed by atoms with Crippen LogP contribution in [0.25, 0.3) is 11.3 Å². The Kier molecular flexibility index (Phi) is 2.89. The van der Waals surface area contributed by atoms with E-state index in [0.29, 0.717) is 15.7 Å². The summed E-state index contributed by atoms with van der Waals surface area (Å²) in [4.78, 5) is 4.09. The minimum atomic E-state index is -0.288. The molecule has 0 bridgehead atoms. The van der Waals surface area contributed by atoms with E-state index >= 15 is 0 Å². The predicted octanol–water partition coefficient (Wildman–Crippen LogP) is 4.19. The third-order valence-electron chi connectivity index (χ3n) is 1.93. The first-order chi connectivity index (χ1) is 7.16. The molecule has 0 atom stereocenters. The van der Waals surface area contributed by atoms with Crippen molar-refractivity contribution in [1.29, 1.82) is 0 Å². The lowest BCUT2D eigenvalue weighted by Gasteiger charge is -2.03. The van der Waals surface area contributed by atoms with Gasteiger partial charge in [0.25, 0.3) is 0 Å². The smallest absolute Gasteiger partial charge is 0.123 e. The van der Waals surface area contributed by atoms with Crippen LogP contribution in [0.5, 0.6) is 0 Å². The average Bonchev–Trinajstić information content (AvgIpc) is 2.20. The molecule has 0 aliphatic rings. The summed E-state index contributed by atoms with van der Waals surface area (Å²) in [5.74, 6) is -0.288. The Balaban J connectivity index is 2.49. The first-order valence-corrected chi connectivity index (χ1v) is 4.99. The third-order valence-corrected chi connectivity index (χ3v) is 2.42. The number of nitrogens with zero attached hydrogens (tertiary/aromatic N) is 1. The van der Waals surface area contributed by atoms with E-state index in [2.05, 4.69) is 4.98 Å². The Labute approximate surface area is 96.5 Å². The zero-order valence-corrected chi connectivity index (χ0v) is 9.06. The van der Waals surface area contributed by atoms with E-state index in [1.165, 1.54) is 18.3 Å². The molecule has 0 spiro atoms. The summed E-state index contributed by atoms with van der Waals surface area (Å²) >= 11 is 11.7. The molecule has 0 fully saturated rings. The molecule has 0 saturated carbocycles. The van der Waals surface area contributed by atoms with Crippen LogP contribution in [0, 0.1) is 5.82 Å². The van der Waals surface area contributed by atoms with Crippen LogP contribution in [0.3, 0.4) is 0 Å². The molecule has 2 aromatic rings. The zero-order chi connectivity index (χ0) is 10.8. The summed E-state index contributed by atoms with van der Waals surface area (Å²) < 4.78 is 12.7. The van der Waals surface area contributed by atoms with Crippen molar-refractivity contribution in [3.63, 3.8) is 0 Å². The van der Waals surface area contributed by atoms with Gasteiger partial charge in [-0.25, -0.2) is 4.39 Å². The lowest BCUT2D eigenvalue weighted by molar-refractivity contribution is 0.628. The van der Waals surface area contributed by atoms with Crippen molar-refractivity contribution < 1.29 is 4.39 Å². The van der Waals surface area contributed by atoms with Crippen LogP contribution >= 0.6 is 23.2 Å². The fourth-order valence-electron chi connectivity index (χ4n) is 1.23. The molecule has 2 rings (SSSR count). The van der Waals surface area contributed by atoms with E-state index in [1.54, 1.807) is 18.2 Å². The highest BCUT2D eigenvalue weighted by atomic mass is 35.5. The largest absolute Gasteiger partial charge is 0.253 e. The van der Waals surface area contributed by atoms with Crippen molar-refractivity contribution in [3.05, 3.63) is 52.4 Å². The Hall–Kier alpha value is -1.12. The second-order valence-electron chi connectivity index (χ2n) is 2.99. The van der Waals surface area contributed by atoms with Crippen LogP contribution in [-0.4, -0.2) is 4.98 Å². The molecule has 0 aliphatic heterocycles. The van der Waals surface area contributed by atoms with Gasteiger partial charge in [0, 0.05) is 11.8 Å². The molecular weight excluding hydrogens is 236 g/mol. The molecule has 15 heavy (non-hydrogen) atoms. The molecule has 0 N–H and O–H groups in total. The second kappa shape index (κ2) is 4.17. The van der Waals surface area contributed by atoms with Gasteiger partial charge in [0.15, 0.2) is 0 Å². The molecule has 76 valence electrons. The van der Waals surface area contributed by atoms with Gasteiger partial charge in [-0.15, -0.1) is 0 Å². The van der Waals surface area contributed by atoms with Crippen molar-refractivity contribution in [2.75, 3.05) is 0 Å². The SMILES string of the molecule is Fc1ccc(-c2ncc(Cl)cc2Cl)cc1. The number of hydrogen-bond acceptors (Lipinski definition) is 1. The molecule has 4 heteroatoms. The normalized spacial score (nSPS) is 10.3. The standard InChI is InChI=1S/C11H6Cl2FN/c12-8-5-10(13)11(15-6-8)7-1-3-9(14)4-2-7/h1-6H. The maximum absolute atomic E-state index is 12.7. The van der Waals surface area contributed by atoms with E-state index in [-0.39, 0.29) is 5.82 Å². The predicted molar refractivity (Wildman–Crippen MR) is 59.7 cm³/mol. The maximum Gasteiger partial charge on any atom is 0.123 e. The van der Waals surface area contributed by atoms with Crippen molar-refractivity contribution in [3.8, 4) is 11.3 Å². The minimum absolute atomic E-state index is 0.288. The summed E-state index contributed by atoms with van der Waals surface area (Å²) in [6.07, 6.45) is 1.51. The van der Waals surface area contributed by atoms with Crippen molar-refractivity contribution in [2.45, 2.75) is 0 Å². The van der Waals surface area contributed by atoms with Gasteiger partial charge < -0.3 is 0 Å². The number of benzene rings is 1. The lowest BCUT2D eigenvalue weighted by atomic mass is 10.1. The fraction of sp³-hybridized carbons (Fsp3) is 0. The van der Waals surface area contributed by atoms with E-state index in [9.17, 15) is 4.39 Å². The quantitative estimate of drug-likeness (QED) is 0.730. The van der Waals surface area contributed by atoms with Gasteiger partial charge in [0.1, 0.15) is 5.82 Å². The topological polar surface area (TPSA) is 12.9 Å². The highest BCUT2D eigenvalue weighted by Gasteiger charge is 2.05.